The van der Waals surface area contributed by atoms with E-state index >= 15 is 0 Å². The van der Waals surface area contributed by atoms with Gasteiger partial charge in [0.25, 0.3) is 0 Å². The van der Waals surface area contributed by atoms with E-state index in [-0.39, 0.29) is 11.5 Å². The Labute approximate surface area is 172 Å². The number of benzene rings is 2. The number of hydrogen-bond donors (Lipinski definition) is 0. The normalized spacial score (nSPS) is 13.7. The Morgan fingerprint density at radius 3 is 2.47 bits per heavy atom. The monoisotopic (exact) mass is 406 g/mol. The maximum Gasteiger partial charge on any atom is 0.343 e. The molecule has 1 aliphatic rings. The zero-order valence-electron chi connectivity index (χ0n) is 16.6. The number of allylic oxidation sites excluding steroid dienone is 1. The van der Waals surface area contributed by atoms with Gasteiger partial charge in [0, 0.05) is 11.6 Å². The first-order valence-electron chi connectivity index (χ1n) is 9.07. The lowest BCUT2D eigenvalue weighted by molar-refractivity contribution is 0.0732. The molecule has 0 amide bonds. The predicted molar refractivity (Wildman–Crippen MR) is 107 cm³/mol. The van der Waals surface area contributed by atoms with Gasteiger partial charge in [-0.2, -0.15) is 0 Å². The molecule has 7 heteroatoms. The van der Waals surface area contributed by atoms with Crippen LogP contribution in [0, 0.1) is 6.92 Å². The maximum atomic E-state index is 12.6. The molecule has 4 rings (SSSR count). The zero-order chi connectivity index (χ0) is 21.3. The van der Waals surface area contributed by atoms with Crippen molar-refractivity contribution in [1.29, 1.82) is 0 Å². The third kappa shape index (κ3) is 3.41. The quantitative estimate of drug-likeness (QED) is 0.352. The van der Waals surface area contributed by atoms with E-state index < -0.39 is 5.97 Å². The lowest BCUT2D eigenvalue weighted by atomic mass is 10.1. The van der Waals surface area contributed by atoms with E-state index in [2.05, 4.69) is 0 Å². The lowest BCUT2D eigenvalue weighted by Gasteiger charge is -2.12. The summed E-state index contributed by atoms with van der Waals surface area (Å²) in [6, 6.07) is 11.3. The maximum absolute atomic E-state index is 12.6. The van der Waals surface area contributed by atoms with Gasteiger partial charge in [0.2, 0.25) is 5.78 Å². The van der Waals surface area contributed by atoms with Crippen molar-refractivity contribution in [2.45, 2.75) is 6.92 Å². The molecule has 0 spiro atoms. The summed E-state index contributed by atoms with van der Waals surface area (Å²) in [5.74, 6) is 1.38. The zero-order valence-corrected chi connectivity index (χ0v) is 16.6. The number of methoxy groups -OCH3 is 2. The van der Waals surface area contributed by atoms with Gasteiger partial charge in [-0.15, -0.1) is 0 Å². The molecule has 0 atom stereocenters. The van der Waals surface area contributed by atoms with Crippen LogP contribution in [-0.2, 0) is 0 Å². The summed E-state index contributed by atoms with van der Waals surface area (Å²) < 4.78 is 26.9. The molecule has 0 unspecified atom stereocenters. The molecule has 2 heterocycles. The van der Waals surface area contributed by atoms with Crippen molar-refractivity contribution >= 4 is 17.8 Å². The van der Waals surface area contributed by atoms with Crippen molar-refractivity contribution in [2.75, 3.05) is 14.2 Å². The summed E-state index contributed by atoms with van der Waals surface area (Å²) >= 11 is 0. The van der Waals surface area contributed by atoms with Gasteiger partial charge in [0.15, 0.2) is 17.3 Å². The van der Waals surface area contributed by atoms with Gasteiger partial charge in [-0.3, -0.25) is 4.79 Å². The van der Waals surface area contributed by atoms with Crippen LogP contribution in [0.15, 0.2) is 58.9 Å². The SMILES string of the molecule is COc1ccc(C(=O)Oc2ccc3c(c2C)OC(=Cc2ccco2)C3=O)cc1OC. The Bertz CT molecular complexity index is 1160. The largest absolute Gasteiger partial charge is 0.493 e. The van der Waals surface area contributed by atoms with Gasteiger partial charge in [-0.25, -0.2) is 4.79 Å². The molecule has 0 saturated carbocycles. The molecule has 0 aliphatic carbocycles. The Kier molecular flexibility index (Phi) is 5.02. The van der Waals surface area contributed by atoms with Crippen LogP contribution in [0.2, 0.25) is 0 Å². The number of ketones is 1. The first-order valence-corrected chi connectivity index (χ1v) is 9.07. The van der Waals surface area contributed by atoms with Gasteiger partial charge in [-0.1, -0.05) is 0 Å². The van der Waals surface area contributed by atoms with E-state index in [0.717, 1.165) is 0 Å². The smallest absolute Gasteiger partial charge is 0.343 e. The molecule has 0 fully saturated rings. The topological polar surface area (TPSA) is 84.2 Å². The first kappa shape index (κ1) is 19.3. The van der Waals surface area contributed by atoms with Crippen molar-refractivity contribution in [2.24, 2.45) is 0 Å². The number of rotatable bonds is 5. The molecule has 0 radical (unpaired) electrons. The van der Waals surface area contributed by atoms with Gasteiger partial charge >= 0.3 is 5.97 Å². The van der Waals surface area contributed by atoms with E-state index in [4.69, 9.17) is 23.4 Å². The highest BCUT2D eigenvalue weighted by atomic mass is 16.5. The highest BCUT2D eigenvalue weighted by molar-refractivity contribution is 6.14. The minimum atomic E-state index is -0.574. The molecule has 1 aromatic heterocycles. The van der Waals surface area contributed by atoms with Crippen molar-refractivity contribution in [3.63, 3.8) is 0 Å². The van der Waals surface area contributed by atoms with E-state index in [9.17, 15) is 9.59 Å². The highest BCUT2D eigenvalue weighted by Crippen LogP contribution is 2.39. The van der Waals surface area contributed by atoms with E-state index in [1.807, 2.05) is 0 Å². The van der Waals surface area contributed by atoms with Gasteiger partial charge in [0.1, 0.15) is 17.3 Å². The fraction of sp³-hybridized carbons (Fsp3) is 0.130. The number of carbonyl (C=O) groups excluding carboxylic acids is 2. The first-order chi connectivity index (χ1) is 14.5. The third-order valence-electron chi connectivity index (χ3n) is 4.68. The molecular weight excluding hydrogens is 388 g/mol. The summed E-state index contributed by atoms with van der Waals surface area (Å²) in [6.45, 7) is 1.72. The number of furan rings is 1. The van der Waals surface area contributed by atoms with Gasteiger partial charge in [0.05, 0.1) is 31.6 Å². The van der Waals surface area contributed by atoms with Crippen LogP contribution >= 0.6 is 0 Å². The van der Waals surface area contributed by atoms with E-state index in [1.165, 1.54) is 32.6 Å². The van der Waals surface area contributed by atoms with Crippen molar-refractivity contribution < 1.29 is 33.0 Å². The number of carbonyl (C=O) groups is 2. The Balaban J connectivity index is 1.60. The molecule has 0 bridgehead atoms. The lowest BCUT2D eigenvalue weighted by Crippen LogP contribution is -2.10. The van der Waals surface area contributed by atoms with Crippen LogP contribution < -0.4 is 18.9 Å². The Morgan fingerprint density at radius 1 is 1.00 bits per heavy atom. The molecule has 2 aromatic carbocycles. The van der Waals surface area contributed by atoms with Crippen LogP contribution in [0.5, 0.6) is 23.0 Å². The molecule has 0 N–H and O–H groups in total. The number of Topliss-reactive ketones (excluding diaryl/α,β-unsaturated/α-hetero) is 1. The molecule has 152 valence electrons. The summed E-state index contributed by atoms with van der Waals surface area (Å²) in [5, 5.41) is 0. The second-order valence-electron chi connectivity index (χ2n) is 6.48. The minimum Gasteiger partial charge on any atom is -0.493 e. The third-order valence-corrected chi connectivity index (χ3v) is 4.68. The summed E-state index contributed by atoms with van der Waals surface area (Å²) in [4.78, 5) is 25.2. The summed E-state index contributed by atoms with van der Waals surface area (Å²) in [5.41, 5.74) is 1.23. The summed E-state index contributed by atoms with van der Waals surface area (Å²) in [7, 11) is 3.00. The Morgan fingerprint density at radius 2 is 1.77 bits per heavy atom. The fourth-order valence-corrected chi connectivity index (χ4v) is 3.10. The predicted octanol–water partition coefficient (Wildman–Crippen LogP) is 4.44. The minimum absolute atomic E-state index is 0.145. The number of esters is 1. The number of ether oxygens (including phenoxy) is 4. The van der Waals surface area contributed by atoms with Crippen molar-refractivity contribution in [3.8, 4) is 23.0 Å². The van der Waals surface area contributed by atoms with Crippen molar-refractivity contribution in [3.05, 3.63) is 76.9 Å². The fourth-order valence-electron chi connectivity index (χ4n) is 3.10. The van der Waals surface area contributed by atoms with E-state index in [0.29, 0.717) is 45.4 Å². The second kappa shape index (κ2) is 7.79. The average molecular weight is 406 g/mol. The average Bonchev–Trinajstić information content (AvgIpc) is 3.38. The summed E-state index contributed by atoms with van der Waals surface area (Å²) in [6.07, 6.45) is 3.03. The van der Waals surface area contributed by atoms with Gasteiger partial charge < -0.3 is 23.4 Å². The van der Waals surface area contributed by atoms with Crippen LogP contribution in [0.1, 0.15) is 32.0 Å². The highest BCUT2D eigenvalue weighted by Gasteiger charge is 2.31. The molecular formula is C23H18O7. The molecule has 0 saturated heterocycles. The Hall–Kier alpha value is -4.00. The molecule has 1 aliphatic heterocycles. The van der Waals surface area contributed by atoms with Crippen LogP contribution in [0.3, 0.4) is 0 Å². The van der Waals surface area contributed by atoms with Crippen LogP contribution in [-0.4, -0.2) is 26.0 Å². The molecule has 3 aromatic rings. The van der Waals surface area contributed by atoms with Crippen LogP contribution in [0.25, 0.3) is 6.08 Å². The molecule has 30 heavy (non-hydrogen) atoms. The number of hydrogen-bond acceptors (Lipinski definition) is 7. The van der Waals surface area contributed by atoms with E-state index in [1.54, 1.807) is 43.3 Å². The standard InChI is InChI=1S/C23H18O7/c1-13-17(30-23(25)14-6-8-18(26-2)19(11-14)27-3)9-7-16-21(24)20(29-22(13)16)12-15-5-4-10-28-15/h4-12H,1-3H3. The van der Waals surface area contributed by atoms with Crippen LogP contribution in [0.4, 0.5) is 0 Å². The van der Waals surface area contributed by atoms with Gasteiger partial charge in [-0.05, 0) is 49.4 Å². The molecule has 7 nitrogen and oxygen atoms in total. The van der Waals surface area contributed by atoms with Crippen molar-refractivity contribution in [1.82, 2.24) is 0 Å². The second-order valence-corrected chi connectivity index (χ2v) is 6.48. The number of fused-ring (bicyclic) bond motifs is 1.